The van der Waals surface area contributed by atoms with E-state index >= 15 is 0 Å². The van der Waals surface area contributed by atoms with Gasteiger partial charge in [-0.2, -0.15) is 0 Å². The molecule has 1 atom stereocenters. The van der Waals surface area contributed by atoms with Crippen LogP contribution in [0.3, 0.4) is 0 Å². The van der Waals surface area contributed by atoms with Gasteiger partial charge in [-0.05, 0) is 12.1 Å². The molecule has 2 aromatic carbocycles. The van der Waals surface area contributed by atoms with Crippen molar-refractivity contribution >= 4 is 53.9 Å². The van der Waals surface area contributed by atoms with Crippen molar-refractivity contribution in [2.75, 3.05) is 6.26 Å². The number of aliphatic imine (C=N–C) groups is 1. The molecule has 0 aliphatic carbocycles. The number of hydrogen-bond donors (Lipinski definition) is 0. The molecule has 124 valence electrons. The smallest absolute Gasteiger partial charge is 0.258 e. The predicted molar refractivity (Wildman–Crippen MR) is 97.9 cm³/mol. The third kappa shape index (κ3) is 2.66. The maximum absolute atomic E-state index is 12.5. The van der Waals surface area contributed by atoms with Crippen LogP contribution in [0.2, 0.25) is 0 Å². The van der Waals surface area contributed by atoms with Gasteiger partial charge in [0.2, 0.25) is 3.66 Å². The van der Waals surface area contributed by atoms with E-state index in [1.807, 2.05) is 0 Å². The standard InChI is InChI=1S/C15H11BrN2O4S2/c1-24(21,22)15(16)10-6-2-3-7-11(10)17-14(15)23-13-9-5-4-8-12(13)18(19)20/h2-9H,1H3. The van der Waals surface area contributed by atoms with Crippen LogP contribution in [0.4, 0.5) is 11.4 Å². The Labute approximate surface area is 151 Å². The van der Waals surface area contributed by atoms with Crippen molar-refractivity contribution in [1.82, 2.24) is 0 Å². The lowest BCUT2D eigenvalue weighted by Crippen LogP contribution is -2.33. The molecule has 24 heavy (non-hydrogen) atoms. The molecule has 1 unspecified atom stereocenters. The van der Waals surface area contributed by atoms with E-state index in [1.165, 1.54) is 6.07 Å². The van der Waals surface area contributed by atoms with E-state index in [-0.39, 0.29) is 10.7 Å². The third-order valence-corrected chi connectivity index (χ3v) is 9.08. The molecule has 0 amide bonds. The van der Waals surface area contributed by atoms with Crippen LogP contribution in [0.1, 0.15) is 5.56 Å². The second-order valence-electron chi connectivity index (χ2n) is 5.13. The number of para-hydroxylation sites is 2. The number of nitro benzene ring substituents is 1. The largest absolute Gasteiger partial charge is 0.283 e. The van der Waals surface area contributed by atoms with Crippen LogP contribution in [0.25, 0.3) is 0 Å². The first-order valence-electron chi connectivity index (χ1n) is 6.73. The van der Waals surface area contributed by atoms with E-state index in [4.69, 9.17) is 0 Å². The van der Waals surface area contributed by atoms with E-state index in [9.17, 15) is 18.5 Å². The highest BCUT2D eigenvalue weighted by molar-refractivity contribution is 9.11. The SMILES string of the molecule is CS(=O)(=O)C1(Br)C(Sc2ccccc2[N+](=O)[O-])=Nc2ccccc21. The Morgan fingerprint density at radius 2 is 1.79 bits per heavy atom. The fourth-order valence-corrected chi connectivity index (χ4v) is 5.55. The van der Waals surface area contributed by atoms with Crippen LogP contribution < -0.4 is 0 Å². The Hall–Kier alpha value is -1.71. The number of fused-ring (bicyclic) bond motifs is 1. The fraction of sp³-hybridized carbons (Fsp3) is 0.133. The molecular formula is C15H11BrN2O4S2. The van der Waals surface area contributed by atoms with Crippen molar-refractivity contribution in [1.29, 1.82) is 0 Å². The zero-order chi connectivity index (χ0) is 17.5. The lowest BCUT2D eigenvalue weighted by molar-refractivity contribution is -0.387. The Balaban J connectivity index is 2.14. The highest BCUT2D eigenvalue weighted by atomic mass is 79.9. The van der Waals surface area contributed by atoms with Gasteiger partial charge < -0.3 is 0 Å². The summed E-state index contributed by atoms with van der Waals surface area (Å²) in [6.07, 6.45) is 1.11. The number of halogens is 1. The number of rotatable bonds is 3. The molecule has 0 saturated heterocycles. The van der Waals surface area contributed by atoms with Gasteiger partial charge in [0.25, 0.3) is 5.69 Å². The quantitative estimate of drug-likeness (QED) is 0.419. The number of thioether (sulfide) groups is 1. The van der Waals surface area contributed by atoms with E-state index in [2.05, 4.69) is 20.9 Å². The number of alkyl halides is 1. The zero-order valence-corrected chi connectivity index (χ0v) is 15.6. The Morgan fingerprint density at radius 1 is 1.17 bits per heavy atom. The van der Waals surface area contributed by atoms with Crippen molar-refractivity contribution in [2.24, 2.45) is 4.99 Å². The van der Waals surface area contributed by atoms with Gasteiger partial charge >= 0.3 is 0 Å². The van der Waals surface area contributed by atoms with Crippen LogP contribution in [-0.4, -0.2) is 24.6 Å². The molecule has 0 bridgehead atoms. The summed E-state index contributed by atoms with van der Waals surface area (Å²) in [5.74, 6) is 0. The first-order valence-corrected chi connectivity index (χ1v) is 10.2. The monoisotopic (exact) mass is 426 g/mol. The van der Waals surface area contributed by atoms with Gasteiger partial charge in [0, 0.05) is 17.9 Å². The molecule has 9 heteroatoms. The second-order valence-corrected chi connectivity index (χ2v) is 10.0. The average molecular weight is 427 g/mol. The number of nitro groups is 1. The second kappa shape index (κ2) is 5.98. The lowest BCUT2D eigenvalue weighted by Gasteiger charge is -2.22. The van der Waals surface area contributed by atoms with Gasteiger partial charge in [0.05, 0.1) is 15.5 Å². The first-order chi connectivity index (χ1) is 11.2. The molecule has 0 spiro atoms. The Kier molecular flexibility index (Phi) is 4.27. The molecule has 0 fully saturated rings. The highest BCUT2D eigenvalue weighted by Gasteiger charge is 2.50. The molecule has 0 N–H and O–H groups in total. The van der Waals surface area contributed by atoms with Crippen LogP contribution >= 0.6 is 27.7 Å². The molecule has 0 radical (unpaired) electrons. The maximum Gasteiger partial charge on any atom is 0.283 e. The van der Waals surface area contributed by atoms with Gasteiger partial charge in [-0.1, -0.05) is 58.0 Å². The zero-order valence-electron chi connectivity index (χ0n) is 12.3. The summed E-state index contributed by atoms with van der Waals surface area (Å²) in [6.45, 7) is 0. The summed E-state index contributed by atoms with van der Waals surface area (Å²) in [7, 11) is -3.62. The van der Waals surface area contributed by atoms with Gasteiger partial charge in [-0.25, -0.2) is 13.4 Å². The summed E-state index contributed by atoms with van der Waals surface area (Å²) in [4.78, 5) is 15.4. The van der Waals surface area contributed by atoms with Gasteiger partial charge in [-0.3, -0.25) is 10.1 Å². The Morgan fingerprint density at radius 3 is 2.46 bits per heavy atom. The van der Waals surface area contributed by atoms with Crippen LogP contribution in [0.5, 0.6) is 0 Å². The number of benzene rings is 2. The fourth-order valence-electron chi connectivity index (χ4n) is 2.38. The topological polar surface area (TPSA) is 89.6 Å². The number of hydrogen-bond acceptors (Lipinski definition) is 6. The maximum atomic E-state index is 12.5. The minimum Gasteiger partial charge on any atom is -0.258 e. The molecule has 6 nitrogen and oxygen atoms in total. The molecule has 3 rings (SSSR count). The van der Waals surface area contributed by atoms with Crippen LogP contribution in [-0.2, 0) is 13.5 Å². The minimum atomic E-state index is -3.62. The summed E-state index contributed by atoms with van der Waals surface area (Å²) in [5, 5.41) is 11.4. The van der Waals surface area contributed by atoms with Crippen molar-refractivity contribution in [3.63, 3.8) is 0 Å². The van der Waals surface area contributed by atoms with Crippen molar-refractivity contribution < 1.29 is 13.3 Å². The normalized spacial score (nSPS) is 19.7. The molecule has 2 aromatic rings. The average Bonchev–Trinajstić information content (AvgIpc) is 2.81. The van der Waals surface area contributed by atoms with Gasteiger partial charge in [0.15, 0.2) is 9.84 Å². The van der Waals surface area contributed by atoms with Crippen molar-refractivity contribution in [2.45, 2.75) is 8.55 Å². The third-order valence-electron chi connectivity index (χ3n) is 3.53. The Bertz CT molecular complexity index is 975. The van der Waals surface area contributed by atoms with Crippen molar-refractivity contribution in [3.05, 3.63) is 64.2 Å². The summed E-state index contributed by atoms with van der Waals surface area (Å²) in [5.41, 5.74) is 0.943. The van der Waals surface area contributed by atoms with E-state index in [0.29, 0.717) is 16.1 Å². The molecular weight excluding hydrogens is 416 g/mol. The van der Waals surface area contributed by atoms with E-state index in [0.717, 1.165) is 18.0 Å². The summed E-state index contributed by atoms with van der Waals surface area (Å²) >= 11 is 4.32. The van der Waals surface area contributed by atoms with Crippen molar-refractivity contribution in [3.8, 4) is 0 Å². The number of nitrogens with zero attached hydrogens (tertiary/aromatic N) is 2. The highest BCUT2D eigenvalue weighted by Crippen LogP contribution is 2.52. The molecule has 1 aliphatic heterocycles. The predicted octanol–water partition coefficient (Wildman–Crippen LogP) is 4.02. The van der Waals surface area contributed by atoms with Gasteiger partial charge in [-0.15, -0.1) is 0 Å². The number of sulfone groups is 1. The van der Waals surface area contributed by atoms with Crippen LogP contribution in [0.15, 0.2) is 58.4 Å². The lowest BCUT2D eigenvalue weighted by atomic mass is 10.1. The van der Waals surface area contributed by atoms with E-state index in [1.54, 1.807) is 42.5 Å². The molecule has 1 heterocycles. The van der Waals surface area contributed by atoms with Crippen LogP contribution in [0, 0.1) is 10.1 Å². The first kappa shape index (κ1) is 17.1. The molecule has 0 saturated carbocycles. The molecule has 0 aromatic heterocycles. The summed E-state index contributed by atoms with van der Waals surface area (Å²) < 4.78 is 23.4. The van der Waals surface area contributed by atoms with E-state index < -0.39 is 18.4 Å². The summed E-state index contributed by atoms with van der Waals surface area (Å²) in [6, 6.07) is 13.1. The minimum absolute atomic E-state index is 0.0930. The molecule has 1 aliphatic rings. The van der Waals surface area contributed by atoms with Gasteiger partial charge in [0.1, 0.15) is 5.04 Å².